The third-order valence-electron chi connectivity index (χ3n) is 1.67. The van der Waals surface area contributed by atoms with Crippen LogP contribution in [0.15, 0.2) is 11.1 Å². The van der Waals surface area contributed by atoms with Crippen molar-refractivity contribution in [3.63, 3.8) is 0 Å². The predicted molar refractivity (Wildman–Crippen MR) is 61.1 cm³/mol. The first-order chi connectivity index (χ1) is 5.88. The van der Waals surface area contributed by atoms with Gasteiger partial charge in [0.1, 0.15) is 0 Å². The van der Waals surface area contributed by atoms with E-state index in [2.05, 4.69) is 45.7 Å². The molecular weight excluding hydrogens is 178 g/mol. The molecule has 0 saturated heterocycles. The lowest BCUT2D eigenvalue weighted by Gasteiger charge is -2.10. The number of aliphatic imine (C=N–C) groups is 1. The van der Waals surface area contributed by atoms with Crippen molar-refractivity contribution in [3.8, 4) is 0 Å². The summed E-state index contributed by atoms with van der Waals surface area (Å²) in [4.78, 5) is 7.19. The van der Waals surface area contributed by atoms with Gasteiger partial charge >= 0.3 is 0 Å². The summed E-state index contributed by atoms with van der Waals surface area (Å²) in [5, 5.41) is 0. The Hall–Kier alpha value is -0.630. The van der Waals surface area contributed by atoms with E-state index < -0.39 is 0 Å². The van der Waals surface area contributed by atoms with Gasteiger partial charge in [0, 0.05) is 21.5 Å². The van der Waals surface area contributed by atoms with Gasteiger partial charge in [-0.25, -0.2) is 0 Å². The van der Waals surface area contributed by atoms with Gasteiger partial charge in [-0.05, 0) is 40.7 Å². The van der Waals surface area contributed by atoms with Crippen LogP contribution >= 0.6 is 11.3 Å². The second kappa shape index (κ2) is 3.62. The van der Waals surface area contributed by atoms with E-state index in [1.165, 1.54) is 15.3 Å². The van der Waals surface area contributed by atoms with Crippen molar-refractivity contribution in [2.75, 3.05) is 0 Å². The standard InChI is InChI=1S/C11H17NS/c1-8-6-10(9(2)13-8)7-12-11(3,4)5/h6-7H,1-5H3. The van der Waals surface area contributed by atoms with Crippen LogP contribution in [-0.2, 0) is 0 Å². The molecule has 0 unspecified atom stereocenters. The number of thiophene rings is 1. The van der Waals surface area contributed by atoms with E-state index in [4.69, 9.17) is 0 Å². The van der Waals surface area contributed by atoms with Crippen LogP contribution < -0.4 is 0 Å². The van der Waals surface area contributed by atoms with Crippen LogP contribution in [0.4, 0.5) is 0 Å². The minimum atomic E-state index is 0.0300. The van der Waals surface area contributed by atoms with Crippen LogP contribution in [0, 0.1) is 13.8 Å². The normalized spacial score (nSPS) is 12.7. The zero-order valence-electron chi connectivity index (χ0n) is 9.01. The van der Waals surface area contributed by atoms with Gasteiger partial charge < -0.3 is 0 Å². The smallest absolute Gasteiger partial charge is 0.0524 e. The molecule has 0 aliphatic rings. The van der Waals surface area contributed by atoms with E-state index in [1.807, 2.05) is 17.6 Å². The zero-order valence-corrected chi connectivity index (χ0v) is 9.83. The molecule has 0 aliphatic heterocycles. The van der Waals surface area contributed by atoms with E-state index in [-0.39, 0.29) is 5.54 Å². The second-order valence-electron chi connectivity index (χ2n) is 4.30. The molecule has 1 rings (SSSR count). The van der Waals surface area contributed by atoms with Gasteiger partial charge in [-0.2, -0.15) is 0 Å². The molecule has 0 radical (unpaired) electrons. The Bertz CT molecular complexity index is 315. The van der Waals surface area contributed by atoms with Crippen molar-refractivity contribution in [2.24, 2.45) is 4.99 Å². The lowest BCUT2D eigenvalue weighted by molar-refractivity contribution is 0.586. The van der Waals surface area contributed by atoms with E-state index in [0.29, 0.717) is 0 Å². The van der Waals surface area contributed by atoms with Crippen LogP contribution in [0.1, 0.15) is 36.1 Å². The van der Waals surface area contributed by atoms with Gasteiger partial charge in [0.05, 0.1) is 5.54 Å². The fraction of sp³-hybridized carbons (Fsp3) is 0.545. The third kappa shape index (κ3) is 3.31. The highest BCUT2D eigenvalue weighted by Crippen LogP contribution is 2.19. The van der Waals surface area contributed by atoms with Crippen molar-refractivity contribution >= 4 is 17.6 Å². The average Bonchev–Trinajstić information content (AvgIpc) is 2.24. The largest absolute Gasteiger partial charge is 0.287 e. The summed E-state index contributed by atoms with van der Waals surface area (Å²) >= 11 is 1.83. The summed E-state index contributed by atoms with van der Waals surface area (Å²) in [7, 11) is 0. The molecule has 0 N–H and O–H groups in total. The molecule has 0 saturated carbocycles. The minimum absolute atomic E-state index is 0.0300. The number of hydrogen-bond donors (Lipinski definition) is 0. The van der Waals surface area contributed by atoms with Crippen molar-refractivity contribution in [1.82, 2.24) is 0 Å². The zero-order chi connectivity index (χ0) is 10.1. The maximum atomic E-state index is 4.48. The summed E-state index contributed by atoms with van der Waals surface area (Å²) in [6, 6.07) is 2.19. The van der Waals surface area contributed by atoms with Gasteiger partial charge in [-0.1, -0.05) is 0 Å². The summed E-state index contributed by atoms with van der Waals surface area (Å²) in [5.74, 6) is 0. The van der Waals surface area contributed by atoms with Gasteiger partial charge in [0.15, 0.2) is 0 Å². The van der Waals surface area contributed by atoms with Crippen molar-refractivity contribution in [3.05, 3.63) is 21.4 Å². The van der Waals surface area contributed by atoms with Gasteiger partial charge in [-0.15, -0.1) is 11.3 Å². The van der Waals surface area contributed by atoms with Crippen molar-refractivity contribution in [1.29, 1.82) is 0 Å². The lowest BCUT2D eigenvalue weighted by atomic mass is 10.1. The van der Waals surface area contributed by atoms with Gasteiger partial charge in [-0.3, -0.25) is 4.99 Å². The third-order valence-corrected chi connectivity index (χ3v) is 2.65. The summed E-state index contributed by atoms with van der Waals surface area (Å²) in [6.07, 6.45) is 1.98. The number of hydrogen-bond acceptors (Lipinski definition) is 2. The maximum Gasteiger partial charge on any atom is 0.0524 e. The Labute approximate surface area is 84.5 Å². The van der Waals surface area contributed by atoms with E-state index >= 15 is 0 Å². The molecule has 0 bridgehead atoms. The molecule has 1 aromatic heterocycles. The number of nitrogens with zero attached hydrogens (tertiary/aromatic N) is 1. The molecule has 0 amide bonds. The lowest BCUT2D eigenvalue weighted by Crippen LogP contribution is -2.09. The molecule has 0 atom stereocenters. The monoisotopic (exact) mass is 195 g/mol. The van der Waals surface area contributed by atoms with Crippen LogP contribution in [0.25, 0.3) is 0 Å². The topological polar surface area (TPSA) is 12.4 Å². The highest BCUT2D eigenvalue weighted by Gasteiger charge is 2.06. The Kier molecular flexibility index (Phi) is 2.91. The first-order valence-electron chi connectivity index (χ1n) is 4.51. The highest BCUT2D eigenvalue weighted by atomic mass is 32.1. The van der Waals surface area contributed by atoms with E-state index in [0.717, 1.165) is 0 Å². The van der Waals surface area contributed by atoms with Crippen molar-refractivity contribution < 1.29 is 0 Å². The van der Waals surface area contributed by atoms with E-state index in [9.17, 15) is 0 Å². The SMILES string of the molecule is Cc1cc(C=NC(C)(C)C)c(C)s1. The number of aryl methyl sites for hydroxylation is 2. The maximum absolute atomic E-state index is 4.48. The second-order valence-corrected chi connectivity index (χ2v) is 5.76. The Balaban J connectivity index is 2.86. The highest BCUT2D eigenvalue weighted by molar-refractivity contribution is 7.12. The van der Waals surface area contributed by atoms with Crippen molar-refractivity contribution in [2.45, 2.75) is 40.2 Å². The predicted octanol–water partition coefficient (Wildman–Crippen LogP) is 3.58. The summed E-state index contributed by atoms with van der Waals surface area (Å²) in [6.45, 7) is 10.6. The number of rotatable bonds is 1. The molecular formula is C11H17NS. The average molecular weight is 195 g/mol. The van der Waals surface area contributed by atoms with Crippen LogP contribution in [0.2, 0.25) is 0 Å². The minimum Gasteiger partial charge on any atom is -0.287 e. The Morgan fingerprint density at radius 2 is 1.92 bits per heavy atom. The van der Waals surface area contributed by atoms with Gasteiger partial charge in [0.2, 0.25) is 0 Å². The first-order valence-corrected chi connectivity index (χ1v) is 5.32. The fourth-order valence-corrected chi connectivity index (χ4v) is 1.94. The van der Waals surface area contributed by atoms with Gasteiger partial charge in [0.25, 0.3) is 0 Å². The van der Waals surface area contributed by atoms with Crippen LogP contribution in [0.3, 0.4) is 0 Å². The molecule has 0 spiro atoms. The summed E-state index contributed by atoms with van der Waals surface area (Å²) in [5.41, 5.74) is 1.29. The first kappa shape index (κ1) is 10.5. The summed E-state index contributed by atoms with van der Waals surface area (Å²) < 4.78 is 0. The molecule has 0 aromatic carbocycles. The van der Waals surface area contributed by atoms with Crippen LogP contribution in [0.5, 0.6) is 0 Å². The molecule has 1 nitrogen and oxygen atoms in total. The Morgan fingerprint density at radius 1 is 1.31 bits per heavy atom. The molecule has 0 fully saturated rings. The Morgan fingerprint density at radius 3 is 2.31 bits per heavy atom. The molecule has 1 aromatic rings. The molecule has 72 valence electrons. The molecule has 13 heavy (non-hydrogen) atoms. The molecule has 1 heterocycles. The van der Waals surface area contributed by atoms with Crippen LogP contribution in [-0.4, -0.2) is 11.8 Å². The molecule has 2 heteroatoms. The quantitative estimate of drug-likeness (QED) is 0.607. The fourth-order valence-electron chi connectivity index (χ4n) is 1.04. The molecule has 0 aliphatic carbocycles. The van der Waals surface area contributed by atoms with E-state index in [1.54, 1.807) is 0 Å².